The van der Waals surface area contributed by atoms with Crippen molar-refractivity contribution < 1.29 is 17.7 Å². The van der Waals surface area contributed by atoms with Crippen LogP contribution in [0.25, 0.3) is 11.4 Å². The molecule has 2 aromatic carbocycles. The summed E-state index contributed by atoms with van der Waals surface area (Å²) in [5.41, 5.74) is 2.43. The van der Waals surface area contributed by atoms with Gasteiger partial charge in [0, 0.05) is 24.2 Å². The van der Waals surface area contributed by atoms with Gasteiger partial charge in [0.25, 0.3) is 0 Å². The second kappa shape index (κ2) is 8.76. The van der Waals surface area contributed by atoms with Gasteiger partial charge >= 0.3 is 0 Å². The summed E-state index contributed by atoms with van der Waals surface area (Å²) in [4.78, 5) is 15.6. The second-order valence-electron chi connectivity index (χ2n) is 7.23. The van der Waals surface area contributed by atoms with Crippen molar-refractivity contribution in [1.82, 2.24) is 14.4 Å². The molecule has 0 saturated heterocycles. The number of carbonyl (C=O) groups is 1. The van der Waals surface area contributed by atoms with Crippen molar-refractivity contribution >= 4 is 21.6 Å². The minimum absolute atomic E-state index is 0.0493. The number of nitrogens with one attached hydrogen (secondary N) is 1. The predicted molar refractivity (Wildman–Crippen MR) is 113 cm³/mol. The van der Waals surface area contributed by atoms with Crippen LogP contribution in [0, 0.1) is 6.92 Å². The van der Waals surface area contributed by atoms with Crippen LogP contribution in [0.3, 0.4) is 0 Å². The van der Waals surface area contributed by atoms with Crippen molar-refractivity contribution in [3.8, 4) is 11.4 Å². The van der Waals surface area contributed by atoms with Crippen LogP contribution in [0.5, 0.6) is 0 Å². The van der Waals surface area contributed by atoms with Crippen LogP contribution in [-0.4, -0.2) is 34.8 Å². The first-order valence-electron chi connectivity index (χ1n) is 9.46. The largest absolute Gasteiger partial charge is 0.338 e. The maximum absolute atomic E-state index is 13.2. The molecule has 1 N–H and O–H groups in total. The van der Waals surface area contributed by atoms with Crippen LogP contribution in [0.15, 0.2) is 57.9 Å². The molecule has 3 rings (SSSR count). The zero-order chi connectivity index (χ0) is 21.9. The van der Waals surface area contributed by atoms with Crippen molar-refractivity contribution in [2.24, 2.45) is 0 Å². The molecule has 30 heavy (non-hydrogen) atoms. The summed E-state index contributed by atoms with van der Waals surface area (Å²) in [5, 5.41) is 6.59. The number of carbonyl (C=O) groups excluding carboxylic acids is 1. The summed E-state index contributed by atoms with van der Waals surface area (Å²) >= 11 is 0. The Morgan fingerprint density at radius 3 is 2.30 bits per heavy atom. The molecule has 158 valence electrons. The third kappa shape index (κ3) is 4.92. The topological polar surface area (TPSA) is 105 Å². The van der Waals surface area contributed by atoms with Gasteiger partial charge in [-0.25, -0.2) is 8.42 Å². The number of hydrogen-bond acceptors (Lipinski definition) is 6. The van der Waals surface area contributed by atoms with Gasteiger partial charge in [-0.1, -0.05) is 35.0 Å². The SMILES string of the molecule is CC(=O)Nc1ccc(S(=O)(=O)N(Cc2nc(-c3ccc(C)cc3)no2)C(C)C)cc1. The van der Waals surface area contributed by atoms with Crippen LogP contribution in [0.2, 0.25) is 0 Å². The molecule has 8 nitrogen and oxygen atoms in total. The van der Waals surface area contributed by atoms with E-state index in [1.807, 2.05) is 31.2 Å². The fourth-order valence-electron chi connectivity index (χ4n) is 2.87. The van der Waals surface area contributed by atoms with E-state index < -0.39 is 10.0 Å². The van der Waals surface area contributed by atoms with Gasteiger partial charge in [-0.15, -0.1) is 0 Å². The molecule has 0 atom stereocenters. The Labute approximate surface area is 176 Å². The Morgan fingerprint density at radius 2 is 1.73 bits per heavy atom. The summed E-state index contributed by atoms with van der Waals surface area (Å²) in [6, 6.07) is 13.4. The molecule has 1 heterocycles. The summed E-state index contributed by atoms with van der Waals surface area (Å²) in [5.74, 6) is 0.388. The average molecular weight is 429 g/mol. The highest BCUT2D eigenvalue weighted by atomic mass is 32.2. The zero-order valence-corrected chi connectivity index (χ0v) is 18.1. The van der Waals surface area contributed by atoms with Gasteiger partial charge in [-0.3, -0.25) is 4.79 Å². The summed E-state index contributed by atoms with van der Waals surface area (Å²) < 4.78 is 33.0. The first kappa shape index (κ1) is 21.7. The molecule has 0 unspecified atom stereocenters. The monoisotopic (exact) mass is 428 g/mol. The Balaban J connectivity index is 1.83. The molecule has 0 aliphatic carbocycles. The van der Waals surface area contributed by atoms with Crippen molar-refractivity contribution in [1.29, 1.82) is 0 Å². The van der Waals surface area contributed by atoms with Gasteiger partial charge in [0.05, 0.1) is 11.4 Å². The molecular formula is C21H24N4O4S. The third-order valence-electron chi connectivity index (χ3n) is 4.43. The molecule has 9 heteroatoms. The first-order valence-corrected chi connectivity index (χ1v) is 10.9. The summed E-state index contributed by atoms with van der Waals surface area (Å²) in [6.45, 7) is 6.88. The Kier molecular flexibility index (Phi) is 6.33. The van der Waals surface area contributed by atoms with E-state index in [-0.39, 0.29) is 29.3 Å². The molecule has 0 aliphatic heterocycles. The fraction of sp³-hybridized carbons (Fsp3) is 0.286. The highest BCUT2D eigenvalue weighted by Crippen LogP contribution is 2.23. The van der Waals surface area contributed by atoms with Gasteiger partial charge in [0.2, 0.25) is 27.6 Å². The highest BCUT2D eigenvalue weighted by molar-refractivity contribution is 7.89. The lowest BCUT2D eigenvalue weighted by atomic mass is 10.1. The second-order valence-corrected chi connectivity index (χ2v) is 9.12. The lowest BCUT2D eigenvalue weighted by Crippen LogP contribution is -2.36. The molecule has 1 aromatic heterocycles. The third-order valence-corrected chi connectivity index (χ3v) is 6.46. The van der Waals surface area contributed by atoms with E-state index in [4.69, 9.17) is 4.52 Å². The lowest BCUT2D eigenvalue weighted by molar-refractivity contribution is -0.114. The number of hydrogen-bond donors (Lipinski definition) is 1. The lowest BCUT2D eigenvalue weighted by Gasteiger charge is -2.24. The van der Waals surface area contributed by atoms with Crippen LogP contribution < -0.4 is 5.32 Å². The normalized spacial score (nSPS) is 11.8. The molecule has 1 amide bonds. The molecular weight excluding hydrogens is 404 g/mol. The summed E-state index contributed by atoms with van der Waals surface area (Å²) in [6.07, 6.45) is 0. The maximum atomic E-state index is 13.2. The molecule has 0 bridgehead atoms. The number of anilines is 1. The van der Waals surface area contributed by atoms with E-state index in [1.54, 1.807) is 26.0 Å². The highest BCUT2D eigenvalue weighted by Gasteiger charge is 2.29. The van der Waals surface area contributed by atoms with Crippen molar-refractivity contribution in [2.75, 3.05) is 5.32 Å². The van der Waals surface area contributed by atoms with Crippen LogP contribution >= 0.6 is 0 Å². The van der Waals surface area contributed by atoms with Crippen molar-refractivity contribution in [3.05, 3.63) is 60.0 Å². The van der Waals surface area contributed by atoms with E-state index >= 15 is 0 Å². The fourth-order valence-corrected chi connectivity index (χ4v) is 4.45. The van der Waals surface area contributed by atoms with Gasteiger partial charge in [-0.2, -0.15) is 9.29 Å². The van der Waals surface area contributed by atoms with E-state index in [9.17, 15) is 13.2 Å². The smallest absolute Gasteiger partial charge is 0.243 e. The number of nitrogens with zero attached hydrogens (tertiary/aromatic N) is 3. The number of rotatable bonds is 7. The van der Waals surface area contributed by atoms with E-state index in [1.165, 1.54) is 23.4 Å². The average Bonchev–Trinajstić information content (AvgIpc) is 3.15. The molecule has 0 saturated carbocycles. The summed E-state index contributed by atoms with van der Waals surface area (Å²) in [7, 11) is -3.81. The van der Waals surface area contributed by atoms with Gasteiger partial charge in [0.15, 0.2) is 0 Å². The maximum Gasteiger partial charge on any atom is 0.243 e. The number of sulfonamides is 1. The quantitative estimate of drug-likeness (QED) is 0.616. The molecule has 3 aromatic rings. The van der Waals surface area contributed by atoms with E-state index in [0.717, 1.165) is 11.1 Å². The van der Waals surface area contributed by atoms with Crippen LogP contribution in [-0.2, 0) is 21.4 Å². The molecule has 0 aliphatic rings. The predicted octanol–water partition coefficient (Wildman–Crippen LogP) is 3.60. The van der Waals surface area contributed by atoms with E-state index in [2.05, 4.69) is 15.5 Å². The Morgan fingerprint density at radius 1 is 1.10 bits per heavy atom. The van der Waals surface area contributed by atoms with Crippen LogP contribution in [0.4, 0.5) is 5.69 Å². The number of aromatic nitrogens is 2. The standard InChI is InChI=1S/C21H24N4O4S/c1-14(2)25(30(27,28)19-11-9-18(10-12-19)22-16(4)26)13-20-23-21(24-29-20)17-7-5-15(3)6-8-17/h5-12,14H,13H2,1-4H3,(H,22,26). The van der Waals surface area contributed by atoms with Gasteiger partial charge in [0.1, 0.15) is 0 Å². The Bertz CT molecular complexity index is 1120. The van der Waals surface area contributed by atoms with Crippen molar-refractivity contribution in [3.63, 3.8) is 0 Å². The number of benzene rings is 2. The van der Waals surface area contributed by atoms with Gasteiger partial charge in [-0.05, 0) is 45.0 Å². The van der Waals surface area contributed by atoms with Crippen LogP contribution in [0.1, 0.15) is 32.2 Å². The van der Waals surface area contributed by atoms with Gasteiger partial charge < -0.3 is 9.84 Å². The first-order chi connectivity index (χ1) is 14.2. The molecule has 0 radical (unpaired) electrons. The van der Waals surface area contributed by atoms with E-state index in [0.29, 0.717) is 11.5 Å². The molecule has 0 spiro atoms. The minimum atomic E-state index is -3.81. The number of aryl methyl sites for hydroxylation is 1. The zero-order valence-electron chi connectivity index (χ0n) is 17.3. The number of amides is 1. The van der Waals surface area contributed by atoms with Crippen molar-refractivity contribution in [2.45, 2.75) is 45.2 Å². The minimum Gasteiger partial charge on any atom is -0.338 e. The Hall–Kier alpha value is -3.04. The molecule has 0 fully saturated rings.